The van der Waals surface area contributed by atoms with Crippen LogP contribution in [0.5, 0.6) is 0 Å². The SMILES string of the molecule is CC(C(C)C(C)(C)[O][GeH3])C(C)C(C)(O[TeH3])C(C)C(C)C(C)(C)[O][SbH2]. The average Bonchev–Trinajstić information content (AvgIpc) is 2.57. The molecule has 6 heteroatoms. The van der Waals surface area contributed by atoms with Crippen LogP contribution in [0.4, 0.5) is 0 Å². The van der Waals surface area contributed by atoms with Gasteiger partial charge in [-0.2, -0.15) is 0 Å². The van der Waals surface area contributed by atoms with Crippen LogP contribution in [-0.4, -0.2) is 79.8 Å². The quantitative estimate of drug-likeness (QED) is 0.345. The molecule has 0 aromatic rings. The Morgan fingerprint density at radius 1 is 0.792 bits per heavy atom. The minimum absolute atomic E-state index is 0.0507. The van der Waals surface area contributed by atoms with Crippen molar-refractivity contribution in [3.05, 3.63) is 0 Å². The number of hydrogen-bond acceptors (Lipinski definition) is 3. The molecule has 6 atom stereocenters. The van der Waals surface area contributed by atoms with Crippen LogP contribution in [0.3, 0.4) is 0 Å². The van der Waals surface area contributed by atoms with Crippen molar-refractivity contribution in [2.75, 3.05) is 0 Å². The second kappa shape index (κ2) is 9.99. The second-order valence-electron chi connectivity index (χ2n) is 8.84. The Hall–Kier alpha value is 2.03. The Labute approximate surface area is 187 Å². The molecule has 0 aliphatic heterocycles. The summed E-state index contributed by atoms with van der Waals surface area (Å²) in [6, 6.07) is 0. The van der Waals surface area contributed by atoms with E-state index in [1.54, 1.807) is 0 Å². The summed E-state index contributed by atoms with van der Waals surface area (Å²) < 4.78 is 18.1. The van der Waals surface area contributed by atoms with Crippen molar-refractivity contribution < 1.29 is 9.88 Å². The van der Waals surface area contributed by atoms with E-state index in [0.717, 1.165) is 46.1 Å². The van der Waals surface area contributed by atoms with Gasteiger partial charge in [0.05, 0.1) is 0 Å². The molecule has 0 amide bonds. The van der Waals surface area contributed by atoms with E-state index in [-0.39, 0.29) is 16.8 Å². The van der Waals surface area contributed by atoms with Crippen LogP contribution >= 0.6 is 0 Å². The molecule has 0 saturated heterocycles. The topological polar surface area (TPSA) is 27.7 Å². The molecule has 0 aromatic heterocycles. The van der Waals surface area contributed by atoms with Gasteiger partial charge in [0.2, 0.25) is 0 Å². The second-order valence-corrected chi connectivity index (χ2v) is 11.0. The summed E-state index contributed by atoms with van der Waals surface area (Å²) in [7, 11) is 0. The van der Waals surface area contributed by atoms with Crippen LogP contribution < -0.4 is 0 Å². The average molecular weight is 630 g/mol. The third-order valence-electron chi connectivity index (χ3n) is 7.41. The zero-order valence-electron chi connectivity index (χ0n) is 17.8. The third kappa shape index (κ3) is 5.76. The summed E-state index contributed by atoms with van der Waals surface area (Å²) in [5.74, 6) is 2.31. The summed E-state index contributed by atoms with van der Waals surface area (Å²) >= 11 is 2.08. The molecule has 0 bridgehead atoms. The Balaban J connectivity index is 5.55. The van der Waals surface area contributed by atoms with E-state index in [1.807, 2.05) is 0 Å². The Bertz CT molecular complexity index is 394. The van der Waals surface area contributed by atoms with Crippen LogP contribution in [0.1, 0.15) is 69.2 Å². The van der Waals surface area contributed by atoms with E-state index in [4.69, 9.17) is 9.88 Å². The van der Waals surface area contributed by atoms with Gasteiger partial charge in [-0.15, -0.1) is 0 Å². The maximum atomic E-state index is 6.30. The molecule has 0 saturated carbocycles. The van der Waals surface area contributed by atoms with Crippen LogP contribution in [0.25, 0.3) is 0 Å². The van der Waals surface area contributed by atoms with Gasteiger partial charge in [-0.25, -0.2) is 0 Å². The van der Waals surface area contributed by atoms with Gasteiger partial charge in [-0.1, -0.05) is 0 Å². The minimum atomic E-state index is -0.142. The van der Waals surface area contributed by atoms with Crippen molar-refractivity contribution in [3.63, 3.8) is 0 Å². The molecule has 0 radical (unpaired) electrons. The predicted octanol–water partition coefficient (Wildman–Crippen LogP) is 1.64. The molecule has 24 heavy (non-hydrogen) atoms. The molecule has 0 spiro atoms. The standard InChI is InChI=1S/C18H41GeO3Te.Sb.2H/c1-11(12(2)17(8,9)21-19)13(3)18(10,22-23)15(5)14(4)16(6,7)20;;;/h11-15H,1-10,19,23H3;;;/q-1;+1;;. The van der Waals surface area contributed by atoms with Gasteiger partial charge in [0.1, 0.15) is 0 Å². The van der Waals surface area contributed by atoms with Crippen LogP contribution in [0.2, 0.25) is 0 Å². The fourth-order valence-corrected chi connectivity index (χ4v) is 6.23. The van der Waals surface area contributed by atoms with E-state index in [2.05, 4.69) is 69.2 Å². The van der Waals surface area contributed by atoms with Gasteiger partial charge < -0.3 is 0 Å². The van der Waals surface area contributed by atoms with Crippen molar-refractivity contribution in [2.45, 2.75) is 86.0 Å². The molecule has 148 valence electrons. The predicted molar refractivity (Wildman–Crippen MR) is 114 cm³/mol. The Kier molecular flexibility index (Phi) is 10.8. The van der Waals surface area contributed by atoms with E-state index in [9.17, 15) is 0 Å². The van der Waals surface area contributed by atoms with Crippen molar-refractivity contribution in [3.8, 4) is 0 Å². The fraction of sp³-hybridized carbons (Fsp3) is 1.00. The molecule has 0 aromatic carbocycles. The summed E-state index contributed by atoms with van der Waals surface area (Å²) in [6.07, 6.45) is 0. The van der Waals surface area contributed by atoms with Crippen LogP contribution in [-0.2, 0) is 9.88 Å². The van der Waals surface area contributed by atoms with Crippen molar-refractivity contribution in [1.82, 2.24) is 0 Å². The molecule has 0 N–H and O–H groups in total. The molecular formula is C18H43GeO3SbTe. The molecule has 0 aliphatic carbocycles. The number of hydrogen-bond donors (Lipinski definition) is 0. The van der Waals surface area contributed by atoms with Crippen LogP contribution in [0.15, 0.2) is 0 Å². The third-order valence-corrected chi connectivity index (χ3v) is 12.8. The normalized spacial score (nSPS) is 22.7. The first kappa shape index (κ1) is 26.0. The zero-order valence-corrected chi connectivity index (χ0v) is 28.6. The van der Waals surface area contributed by atoms with Crippen molar-refractivity contribution >= 4 is 63.0 Å². The van der Waals surface area contributed by atoms with Gasteiger partial charge in [-0.05, 0) is 0 Å². The summed E-state index contributed by atoms with van der Waals surface area (Å²) in [5, 5.41) is 0. The van der Waals surface area contributed by atoms with E-state index >= 15 is 0 Å². The van der Waals surface area contributed by atoms with Gasteiger partial charge in [0.25, 0.3) is 0 Å². The van der Waals surface area contributed by atoms with E-state index in [0.29, 0.717) is 46.4 Å². The Morgan fingerprint density at radius 3 is 1.58 bits per heavy atom. The van der Waals surface area contributed by atoms with Gasteiger partial charge in [-0.3, -0.25) is 0 Å². The molecule has 0 heterocycles. The van der Waals surface area contributed by atoms with Crippen molar-refractivity contribution in [2.24, 2.45) is 29.6 Å². The first-order valence-corrected chi connectivity index (χ1v) is 13.4. The molecule has 3 nitrogen and oxygen atoms in total. The monoisotopic (exact) mass is 632 g/mol. The van der Waals surface area contributed by atoms with Crippen LogP contribution in [0, 0.1) is 29.6 Å². The van der Waals surface area contributed by atoms with Gasteiger partial charge in [0.15, 0.2) is 0 Å². The van der Waals surface area contributed by atoms with E-state index < -0.39 is 0 Å². The molecule has 0 aliphatic rings. The molecular weight excluding hydrogens is 586 g/mol. The first-order chi connectivity index (χ1) is 10.7. The fourth-order valence-electron chi connectivity index (χ4n) is 3.61. The van der Waals surface area contributed by atoms with E-state index in [1.165, 1.54) is 0 Å². The first-order valence-electron chi connectivity index (χ1n) is 9.03. The maximum absolute atomic E-state index is 6.30. The van der Waals surface area contributed by atoms with Gasteiger partial charge in [0, 0.05) is 0 Å². The summed E-state index contributed by atoms with van der Waals surface area (Å²) in [6.45, 7) is 22.9. The summed E-state index contributed by atoms with van der Waals surface area (Å²) in [5.41, 5.74) is -0.294. The molecule has 0 rings (SSSR count). The zero-order chi connectivity index (χ0) is 19.5. The molecule has 0 fully saturated rings. The summed E-state index contributed by atoms with van der Waals surface area (Å²) in [4.78, 5) is 0. The molecule has 6 unspecified atom stereocenters. The van der Waals surface area contributed by atoms with Crippen molar-refractivity contribution in [1.29, 1.82) is 0 Å². The van der Waals surface area contributed by atoms with Gasteiger partial charge >= 0.3 is 189 Å². The number of rotatable bonds is 10. The Morgan fingerprint density at radius 2 is 1.25 bits per heavy atom.